The topological polar surface area (TPSA) is 175 Å². The summed E-state index contributed by atoms with van der Waals surface area (Å²) in [5.41, 5.74) is 9.22. The summed E-state index contributed by atoms with van der Waals surface area (Å²) in [4.78, 5) is 6.84. The molecule has 1 aromatic heterocycles. The molecule has 43 heavy (non-hydrogen) atoms. The Morgan fingerprint density at radius 2 is 1.72 bits per heavy atom. The van der Waals surface area contributed by atoms with Gasteiger partial charge in [0, 0.05) is 36.9 Å². The van der Waals surface area contributed by atoms with E-state index in [1.807, 2.05) is 56.0 Å². The van der Waals surface area contributed by atoms with E-state index in [1.165, 1.54) is 12.1 Å². The molecule has 0 aliphatic rings. The van der Waals surface area contributed by atoms with E-state index in [1.54, 1.807) is 12.1 Å². The molecular formula is C30H43N7O5S. The van der Waals surface area contributed by atoms with Crippen LogP contribution in [-0.4, -0.2) is 86.4 Å². The third-order valence-electron chi connectivity index (χ3n) is 6.98. The van der Waals surface area contributed by atoms with E-state index in [-0.39, 0.29) is 36.5 Å². The van der Waals surface area contributed by atoms with Gasteiger partial charge < -0.3 is 31.3 Å². The number of aliphatic hydroxyl groups is 2. The maximum Gasteiger partial charge on any atom is 0.179 e. The highest BCUT2D eigenvalue weighted by Gasteiger charge is 2.19. The standard InChI is InChI=1S/C30H43N7O5S/c1-4-22(2)37(15-17-38)16-21-43(40,41)26-12-10-25(11-13-26)35-36-28-23(3)27(31)29(33-24-8-6-5-7-9-24)34-30(28)32-14-19-42-20-18-39/h5-13,22,38-39H,4,14-21,31H2,1-3H3,(H2,32,33,34). The van der Waals surface area contributed by atoms with Crippen LogP contribution in [0.15, 0.2) is 69.7 Å². The summed E-state index contributed by atoms with van der Waals surface area (Å²) >= 11 is 0. The molecule has 0 spiro atoms. The fourth-order valence-corrected chi connectivity index (χ4v) is 5.50. The molecule has 0 saturated heterocycles. The lowest BCUT2D eigenvalue weighted by Gasteiger charge is -2.27. The average molecular weight is 614 g/mol. The molecule has 1 heterocycles. The van der Waals surface area contributed by atoms with Crippen molar-refractivity contribution >= 4 is 44.2 Å². The van der Waals surface area contributed by atoms with E-state index in [0.29, 0.717) is 60.5 Å². The van der Waals surface area contributed by atoms with Crippen LogP contribution in [0.2, 0.25) is 0 Å². The highest BCUT2D eigenvalue weighted by atomic mass is 32.2. The molecule has 0 fully saturated rings. The Bertz CT molecular complexity index is 1420. The summed E-state index contributed by atoms with van der Waals surface area (Å²) in [6, 6.07) is 15.9. The Morgan fingerprint density at radius 1 is 1.00 bits per heavy atom. The number of ether oxygens (including phenoxy) is 1. The Balaban J connectivity index is 1.81. The van der Waals surface area contributed by atoms with E-state index in [4.69, 9.17) is 15.6 Å². The van der Waals surface area contributed by atoms with Gasteiger partial charge in [0.2, 0.25) is 0 Å². The van der Waals surface area contributed by atoms with Crippen molar-refractivity contribution in [2.75, 3.05) is 68.2 Å². The van der Waals surface area contributed by atoms with Crippen molar-refractivity contribution < 1.29 is 23.4 Å². The second-order valence-electron chi connectivity index (χ2n) is 9.98. The number of nitrogens with two attached hydrogens (primary N) is 1. The minimum atomic E-state index is -3.53. The average Bonchev–Trinajstić information content (AvgIpc) is 3.01. The zero-order chi connectivity index (χ0) is 31.2. The van der Waals surface area contributed by atoms with Gasteiger partial charge in [0.25, 0.3) is 0 Å². The minimum absolute atomic E-state index is 0.0221. The largest absolute Gasteiger partial charge is 0.395 e. The Hall–Kier alpha value is -3.62. The SMILES string of the molecule is CCC(C)N(CCO)CCS(=O)(=O)c1ccc(N=Nc2c(NCCOCCO)nc(Nc3ccccc3)c(N)c2C)cc1. The second kappa shape index (κ2) is 16.9. The van der Waals surface area contributed by atoms with Crippen molar-refractivity contribution in [3.63, 3.8) is 0 Å². The van der Waals surface area contributed by atoms with Gasteiger partial charge in [-0.1, -0.05) is 25.1 Å². The van der Waals surface area contributed by atoms with Gasteiger partial charge in [0.15, 0.2) is 21.5 Å². The Labute approximate surface area is 253 Å². The molecule has 0 radical (unpaired) electrons. The molecule has 3 aromatic rings. The molecule has 0 aliphatic carbocycles. The summed E-state index contributed by atoms with van der Waals surface area (Å²) < 4.78 is 31.3. The number of nitrogen functional groups attached to an aromatic ring is 1. The van der Waals surface area contributed by atoms with E-state index in [2.05, 4.69) is 25.8 Å². The number of aliphatic hydroxyl groups excluding tert-OH is 2. The van der Waals surface area contributed by atoms with Gasteiger partial charge in [-0.25, -0.2) is 13.4 Å². The molecule has 6 N–H and O–H groups in total. The van der Waals surface area contributed by atoms with E-state index in [0.717, 1.165) is 12.1 Å². The lowest BCUT2D eigenvalue weighted by molar-refractivity contribution is 0.0992. The maximum atomic E-state index is 13.0. The van der Waals surface area contributed by atoms with Crippen LogP contribution >= 0.6 is 0 Å². The first-order valence-electron chi connectivity index (χ1n) is 14.3. The number of nitrogens with zero attached hydrogens (tertiary/aromatic N) is 4. The summed E-state index contributed by atoms with van der Waals surface area (Å²) in [7, 11) is -3.53. The van der Waals surface area contributed by atoms with Gasteiger partial charge in [0.1, 0.15) is 5.69 Å². The fourth-order valence-electron chi connectivity index (χ4n) is 4.24. The molecule has 12 nitrogen and oxygen atoms in total. The highest BCUT2D eigenvalue weighted by molar-refractivity contribution is 7.91. The summed E-state index contributed by atoms with van der Waals surface area (Å²) in [6.07, 6.45) is 0.862. The van der Waals surface area contributed by atoms with Gasteiger partial charge in [0.05, 0.1) is 48.5 Å². The van der Waals surface area contributed by atoms with Crippen molar-refractivity contribution in [3.8, 4) is 0 Å². The first-order valence-corrected chi connectivity index (χ1v) is 16.0. The summed E-state index contributed by atoms with van der Waals surface area (Å²) in [5.74, 6) is 0.847. The molecule has 2 aromatic carbocycles. The molecule has 3 rings (SSSR count). The summed E-state index contributed by atoms with van der Waals surface area (Å²) in [5, 5.41) is 33.5. The molecule has 1 unspecified atom stereocenters. The molecule has 0 saturated carbocycles. The monoisotopic (exact) mass is 613 g/mol. The van der Waals surface area contributed by atoms with Gasteiger partial charge in [-0.3, -0.25) is 4.90 Å². The van der Waals surface area contributed by atoms with Crippen LogP contribution in [0.1, 0.15) is 25.8 Å². The number of para-hydroxylation sites is 1. The minimum Gasteiger partial charge on any atom is -0.395 e. The van der Waals surface area contributed by atoms with Crippen molar-refractivity contribution in [1.29, 1.82) is 0 Å². The first-order chi connectivity index (χ1) is 20.7. The van der Waals surface area contributed by atoms with Crippen LogP contribution in [0.4, 0.5) is 34.4 Å². The zero-order valence-electron chi connectivity index (χ0n) is 25.0. The number of azo groups is 1. The number of aromatic nitrogens is 1. The Morgan fingerprint density at radius 3 is 2.37 bits per heavy atom. The van der Waals surface area contributed by atoms with Gasteiger partial charge in [-0.2, -0.15) is 5.11 Å². The maximum absolute atomic E-state index is 13.0. The van der Waals surface area contributed by atoms with E-state index in [9.17, 15) is 13.5 Å². The van der Waals surface area contributed by atoms with Crippen LogP contribution in [0.5, 0.6) is 0 Å². The highest BCUT2D eigenvalue weighted by Crippen LogP contribution is 2.37. The number of anilines is 4. The lowest BCUT2D eigenvalue weighted by atomic mass is 10.2. The van der Waals surface area contributed by atoms with Gasteiger partial charge in [-0.15, -0.1) is 5.11 Å². The number of benzene rings is 2. The van der Waals surface area contributed by atoms with Gasteiger partial charge in [-0.05, 0) is 56.7 Å². The molecular weight excluding hydrogens is 570 g/mol. The van der Waals surface area contributed by atoms with Crippen molar-refractivity contribution in [3.05, 3.63) is 60.2 Å². The smallest absolute Gasteiger partial charge is 0.179 e. The predicted molar refractivity (Wildman–Crippen MR) is 171 cm³/mol. The third kappa shape index (κ3) is 9.97. The van der Waals surface area contributed by atoms with Crippen LogP contribution < -0.4 is 16.4 Å². The quantitative estimate of drug-likeness (QED) is 0.102. The molecule has 13 heteroatoms. The lowest BCUT2D eigenvalue weighted by Crippen LogP contribution is -2.38. The van der Waals surface area contributed by atoms with Crippen LogP contribution in [0, 0.1) is 6.92 Å². The Kier molecular flexibility index (Phi) is 13.3. The van der Waals surface area contributed by atoms with Crippen molar-refractivity contribution in [2.45, 2.75) is 38.1 Å². The first kappa shape index (κ1) is 33.9. The van der Waals surface area contributed by atoms with E-state index >= 15 is 0 Å². The molecule has 1 atom stereocenters. The molecule has 234 valence electrons. The normalized spacial score (nSPS) is 12.6. The zero-order valence-corrected chi connectivity index (χ0v) is 25.8. The number of sulfone groups is 1. The van der Waals surface area contributed by atoms with Crippen LogP contribution in [-0.2, 0) is 14.6 Å². The fraction of sp³-hybridized carbons (Fsp3) is 0.433. The number of hydrogen-bond donors (Lipinski definition) is 5. The van der Waals surface area contributed by atoms with Crippen molar-refractivity contribution in [2.24, 2.45) is 10.2 Å². The van der Waals surface area contributed by atoms with Crippen molar-refractivity contribution in [1.82, 2.24) is 9.88 Å². The third-order valence-corrected chi connectivity index (χ3v) is 8.69. The number of nitrogens with one attached hydrogen (secondary N) is 2. The van der Waals surface area contributed by atoms with Gasteiger partial charge >= 0.3 is 0 Å². The summed E-state index contributed by atoms with van der Waals surface area (Å²) in [6.45, 7) is 7.53. The second-order valence-corrected chi connectivity index (χ2v) is 12.1. The number of rotatable bonds is 18. The van der Waals surface area contributed by atoms with Crippen LogP contribution in [0.3, 0.4) is 0 Å². The molecule has 0 amide bonds. The van der Waals surface area contributed by atoms with Crippen LogP contribution in [0.25, 0.3) is 0 Å². The predicted octanol–water partition coefficient (Wildman–Crippen LogP) is 4.42. The molecule has 0 bridgehead atoms. The van der Waals surface area contributed by atoms with E-state index < -0.39 is 9.84 Å². The molecule has 0 aliphatic heterocycles. The number of hydrogen-bond acceptors (Lipinski definition) is 12. The number of pyridine rings is 1.